The summed E-state index contributed by atoms with van der Waals surface area (Å²) in [5, 5.41) is 13.9. The molecular formula is C12H18N4O4. The highest BCUT2D eigenvalue weighted by molar-refractivity contribution is 5.61. The number of rotatable bonds is 6. The van der Waals surface area contributed by atoms with E-state index in [-0.39, 0.29) is 23.5 Å². The van der Waals surface area contributed by atoms with Gasteiger partial charge in [-0.2, -0.15) is 4.98 Å². The van der Waals surface area contributed by atoms with Gasteiger partial charge in [-0.15, -0.1) is 0 Å². The van der Waals surface area contributed by atoms with Gasteiger partial charge in [0.25, 0.3) is 5.88 Å². The molecule has 2 heterocycles. The minimum Gasteiger partial charge on any atom is -0.473 e. The smallest absolute Gasteiger partial charge is 0.372 e. The average molecular weight is 282 g/mol. The third-order valence-corrected chi connectivity index (χ3v) is 2.95. The second-order valence-electron chi connectivity index (χ2n) is 4.44. The maximum absolute atomic E-state index is 11.2. The highest BCUT2D eigenvalue weighted by atomic mass is 16.6. The summed E-state index contributed by atoms with van der Waals surface area (Å²) in [7, 11) is 1.58. The maximum Gasteiger partial charge on any atom is 0.372 e. The molecule has 0 saturated carbocycles. The van der Waals surface area contributed by atoms with Crippen molar-refractivity contribution in [3.8, 4) is 5.88 Å². The zero-order valence-electron chi connectivity index (χ0n) is 11.6. The van der Waals surface area contributed by atoms with Gasteiger partial charge in [0.15, 0.2) is 5.82 Å². The van der Waals surface area contributed by atoms with Gasteiger partial charge < -0.3 is 14.8 Å². The fourth-order valence-corrected chi connectivity index (χ4v) is 2.01. The standard InChI is InChI=1S/C12H18N4O4/c1-3-6-20-12-9(16(17)18)11(13-2)14-10(15-12)8-5-4-7-19-8/h8H,3-7H2,1-2H3,(H,13,14,15). The molecule has 1 aromatic heterocycles. The molecule has 110 valence electrons. The number of ether oxygens (including phenoxy) is 2. The van der Waals surface area contributed by atoms with Crippen molar-refractivity contribution in [1.82, 2.24) is 9.97 Å². The number of nitrogens with one attached hydrogen (secondary N) is 1. The lowest BCUT2D eigenvalue weighted by Crippen LogP contribution is -2.11. The highest BCUT2D eigenvalue weighted by Gasteiger charge is 2.29. The normalized spacial score (nSPS) is 18.0. The maximum atomic E-state index is 11.2. The Kier molecular flexibility index (Phi) is 4.67. The quantitative estimate of drug-likeness (QED) is 0.629. The number of nitrogens with zero attached hydrogens (tertiary/aromatic N) is 3. The summed E-state index contributed by atoms with van der Waals surface area (Å²) in [6.45, 7) is 2.95. The van der Waals surface area contributed by atoms with Crippen LogP contribution in [-0.4, -0.2) is 35.2 Å². The van der Waals surface area contributed by atoms with Gasteiger partial charge in [-0.05, 0) is 19.3 Å². The van der Waals surface area contributed by atoms with Crippen molar-refractivity contribution in [2.75, 3.05) is 25.6 Å². The van der Waals surface area contributed by atoms with Crippen LogP contribution in [0.2, 0.25) is 0 Å². The molecule has 1 fully saturated rings. The molecule has 1 aliphatic rings. The summed E-state index contributed by atoms with van der Waals surface area (Å²) in [5.74, 6) is 0.590. The number of hydrogen-bond donors (Lipinski definition) is 1. The lowest BCUT2D eigenvalue weighted by atomic mass is 10.2. The van der Waals surface area contributed by atoms with Gasteiger partial charge in [-0.1, -0.05) is 6.92 Å². The molecule has 0 spiro atoms. The van der Waals surface area contributed by atoms with Crippen molar-refractivity contribution in [3.05, 3.63) is 15.9 Å². The molecule has 0 bridgehead atoms. The Labute approximate surface area is 116 Å². The van der Waals surface area contributed by atoms with Crippen molar-refractivity contribution in [3.63, 3.8) is 0 Å². The fourth-order valence-electron chi connectivity index (χ4n) is 2.01. The summed E-state index contributed by atoms with van der Waals surface area (Å²) in [6.07, 6.45) is 2.27. The lowest BCUT2D eigenvalue weighted by molar-refractivity contribution is -0.385. The molecule has 0 aliphatic carbocycles. The molecule has 1 saturated heterocycles. The van der Waals surface area contributed by atoms with Crippen LogP contribution in [0.15, 0.2) is 0 Å². The van der Waals surface area contributed by atoms with E-state index < -0.39 is 4.92 Å². The van der Waals surface area contributed by atoms with E-state index in [1.54, 1.807) is 7.05 Å². The summed E-state index contributed by atoms with van der Waals surface area (Å²) in [6, 6.07) is 0. The van der Waals surface area contributed by atoms with Gasteiger partial charge in [0.2, 0.25) is 5.82 Å². The van der Waals surface area contributed by atoms with Crippen LogP contribution in [0.25, 0.3) is 0 Å². The molecule has 8 heteroatoms. The van der Waals surface area contributed by atoms with Crippen LogP contribution in [-0.2, 0) is 4.74 Å². The first-order chi connectivity index (χ1) is 9.67. The van der Waals surface area contributed by atoms with E-state index in [0.29, 0.717) is 19.0 Å². The van der Waals surface area contributed by atoms with Gasteiger partial charge in [-0.3, -0.25) is 10.1 Å². The van der Waals surface area contributed by atoms with E-state index in [4.69, 9.17) is 9.47 Å². The molecular weight excluding hydrogens is 264 g/mol. The van der Waals surface area contributed by atoms with E-state index in [0.717, 1.165) is 19.3 Å². The minimum atomic E-state index is -0.532. The molecule has 1 N–H and O–H groups in total. The van der Waals surface area contributed by atoms with Crippen LogP contribution in [0, 0.1) is 10.1 Å². The van der Waals surface area contributed by atoms with Crippen LogP contribution in [0.1, 0.15) is 38.1 Å². The predicted molar refractivity (Wildman–Crippen MR) is 71.9 cm³/mol. The summed E-state index contributed by atoms with van der Waals surface area (Å²) >= 11 is 0. The van der Waals surface area contributed by atoms with Crippen molar-refractivity contribution < 1.29 is 14.4 Å². The molecule has 0 amide bonds. The van der Waals surface area contributed by atoms with Crippen LogP contribution < -0.4 is 10.1 Å². The third-order valence-electron chi connectivity index (χ3n) is 2.95. The Hall–Kier alpha value is -1.96. The van der Waals surface area contributed by atoms with Crippen molar-refractivity contribution in [2.45, 2.75) is 32.3 Å². The van der Waals surface area contributed by atoms with Crippen molar-refractivity contribution >= 4 is 11.5 Å². The summed E-state index contributed by atoms with van der Waals surface area (Å²) < 4.78 is 10.9. The topological polar surface area (TPSA) is 99.4 Å². The first-order valence-corrected chi connectivity index (χ1v) is 6.65. The molecule has 0 radical (unpaired) electrons. The zero-order valence-corrected chi connectivity index (χ0v) is 11.6. The second kappa shape index (κ2) is 6.47. The average Bonchev–Trinajstić information content (AvgIpc) is 2.97. The van der Waals surface area contributed by atoms with Crippen LogP contribution in [0.4, 0.5) is 11.5 Å². The molecule has 20 heavy (non-hydrogen) atoms. The minimum absolute atomic E-state index is 0.00157. The zero-order chi connectivity index (χ0) is 14.5. The van der Waals surface area contributed by atoms with Gasteiger partial charge in [-0.25, -0.2) is 4.98 Å². The Morgan fingerprint density at radius 2 is 2.35 bits per heavy atom. The lowest BCUT2D eigenvalue weighted by Gasteiger charge is -2.12. The van der Waals surface area contributed by atoms with Crippen LogP contribution in [0.3, 0.4) is 0 Å². The first kappa shape index (κ1) is 14.4. The van der Waals surface area contributed by atoms with Gasteiger partial charge >= 0.3 is 5.69 Å². The van der Waals surface area contributed by atoms with E-state index in [1.807, 2.05) is 6.92 Å². The van der Waals surface area contributed by atoms with Gasteiger partial charge in [0.1, 0.15) is 6.10 Å². The predicted octanol–water partition coefficient (Wildman–Crippen LogP) is 2.07. The number of hydrogen-bond acceptors (Lipinski definition) is 7. The number of anilines is 1. The highest BCUT2D eigenvalue weighted by Crippen LogP contribution is 2.35. The van der Waals surface area contributed by atoms with Crippen molar-refractivity contribution in [2.24, 2.45) is 0 Å². The van der Waals surface area contributed by atoms with Crippen LogP contribution >= 0.6 is 0 Å². The molecule has 1 unspecified atom stereocenters. The van der Waals surface area contributed by atoms with E-state index >= 15 is 0 Å². The van der Waals surface area contributed by atoms with Crippen molar-refractivity contribution in [1.29, 1.82) is 0 Å². The fraction of sp³-hybridized carbons (Fsp3) is 0.667. The Balaban J connectivity index is 2.42. The Bertz CT molecular complexity index is 489. The second-order valence-corrected chi connectivity index (χ2v) is 4.44. The molecule has 0 aromatic carbocycles. The molecule has 1 aliphatic heterocycles. The Morgan fingerprint density at radius 3 is 2.90 bits per heavy atom. The van der Waals surface area contributed by atoms with E-state index in [1.165, 1.54) is 0 Å². The number of aromatic nitrogens is 2. The monoisotopic (exact) mass is 282 g/mol. The molecule has 2 rings (SSSR count). The molecule has 1 aromatic rings. The summed E-state index contributed by atoms with van der Waals surface area (Å²) in [5.41, 5.74) is -0.234. The third kappa shape index (κ3) is 2.96. The largest absolute Gasteiger partial charge is 0.473 e. The molecule has 8 nitrogen and oxygen atoms in total. The summed E-state index contributed by atoms with van der Waals surface area (Å²) in [4.78, 5) is 19.0. The first-order valence-electron chi connectivity index (χ1n) is 6.65. The Morgan fingerprint density at radius 1 is 1.55 bits per heavy atom. The number of nitro groups is 1. The SMILES string of the molecule is CCCOc1nc(C2CCCO2)nc(NC)c1[N+](=O)[O-]. The van der Waals surface area contributed by atoms with E-state index in [2.05, 4.69) is 15.3 Å². The van der Waals surface area contributed by atoms with E-state index in [9.17, 15) is 10.1 Å². The molecule has 1 atom stereocenters. The van der Waals surface area contributed by atoms with Gasteiger partial charge in [0.05, 0.1) is 11.5 Å². The van der Waals surface area contributed by atoms with Gasteiger partial charge in [0, 0.05) is 13.7 Å². The van der Waals surface area contributed by atoms with Crippen LogP contribution in [0.5, 0.6) is 5.88 Å².